The van der Waals surface area contributed by atoms with Crippen LogP contribution in [0.5, 0.6) is 5.75 Å². The summed E-state index contributed by atoms with van der Waals surface area (Å²) in [6.45, 7) is 5.75. The molecule has 156 valence electrons. The van der Waals surface area contributed by atoms with E-state index in [-0.39, 0.29) is 17.2 Å². The van der Waals surface area contributed by atoms with Crippen LogP contribution in [0.3, 0.4) is 0 Å². The minimum Gasteiger partial charge on any atom is -0.490 e. The second-order valence-corrected chi connectivity index (χ2v) is 7.16. The van der Waals surface area contributed by atoms with Crippen LogP contribution in [0.4, 0.5) is 8.78 Å². The molecule has 30 heavy (non-hydrogen) atoms. The lowest BCUT2D eigenvalue weighted by atomic mass is 10.0. The van der Waals surface area contributed by atoms with Gasteiger partial charge < -0.3 is 9.84 Å². The molecule has 0 amide bonds. The summed E-state index contributed by atoms with van der Waals surface area (Å²) in [5.41, 5.74) is 1.34. The fourth-order valence-corrected chi connectivity index (χ4v) is 3.13. The summed E-state index contributed by atoms with van der Waals surface area (Å²) < 4.78 is 34.8. The Morgan fingerprint density at radius 3 is 2.73 bits per heavy atom. The summed E-state index contributed by atoms with van der Waals surface area (Å²) >= 11 is 0. The fraction of sp³-hybridized carbons (Fsp3) is 0.240. The first-order valence-electron chi connectivity index (χ1n) is 9.97. The first kappa shape index (κ1) is 21.7. The molecule has 0 fully saturated rings. The third-order valence-electron chi connectivity index (χ3n) is 4.71. The molecule has 0 saturated carbocycles. The number of hydrogen-bond acceptors (Lipinski definition) is 3. The molecule has 1 aromatic heterocycles. The number of aliphatic hydroxyl groups excluding tert-OH is 1. The number of halogens is 2. The van der Waals surface area contributed by atoms with E-state index in [0.29, 0.717) is 36.4 Å². The molecule has 3 rings (SSSR count). The van der Waals surface area contributed by atoms with Crippen LogP contribution in [0.15, 0.2) is 61.2 Å². The van der Waals surface area contributed by atoms with Crippen molar-refractivity contribution in [1.82, 2.24) is 4.98 Å². The van der Waals surface area contributed by atoms with Crippen molar-refractivity contribution in [3.63, 3.8) is 0 Å². The lowest BCUT2D eigenvalue weighted by Crippen LogP contribution is -1.97. The van der Waals surface area contributed by atoms with Crippen molar-refractivity contribution >= 4 is 17.0 Å². The number of aliphatic hydroxyl groups is 1. The van der Waals surface area contributed by atoms with Gasteiger partial charge in [0.2, 0.25) is 0 Å². The predicted molar refractivity (Wildman–Crippen MR) is 117 cm³/mol. The number of aromatic nitrogens is 1. The Labute approximate surface area is 175 Å². The van der Waals surface area contributed by atoms with Crippen LogP contribution in [0, 0.1) is 11.6 Å². The van der Waals surface area contributed by atoms with E-state index in [4.69, 9.17) is 4.74 Å². The van der Waals surface area contributed by atoms with Gasteiger partial charge in [0.1, 0.15) is 12.4 Å². The van der Waals surface area contributed by atoms with Crippen LogP contribution in [0.2, 0.25) is 0 Å². The van der Waals surface area contributed by atoms with Gasteiger partial charge in [-0.3, -0.25) is 0 Å². The average Bonchev–Trinajstić information content (AvgIpc) is 2.74. The van der Waals surface area contributed by atoms with Crippen LogP contribution in [-0.2, 0) is 0 Å². The molecule has 1 atom stereocenters. The highest BCUT2D eigenvalue weighted by molar-refractivity contribution is 5.83. The number of pyridine rings is 1. The van der Waals surface area contributed by atoms with Gasteiger partial charge >= 0.3 is 0 Å². The maximum absolute atomic E-state index is 14.7. The minimum absolute atomic E-state index is 0.118. The number of unbranched alkanes of at least 4 members (excludes halogenated alkanes) is 1. The number of rotatable bonds is 9. The molecular formula is C25H25F2NO2. The Kier molecular flexibility index (Phi) is 7.31. The maximum atomic E-state index is 14.7. The maximum Gasteiger partial charge on any atom is 0.168 e. The van der Waals surface area contributed by atoms with Crippen LogP contribution < -0.4 is 4.74 Å². The summed E-state index contributed by atoms with van der Waals surface area (Å²) in [5.74, 6) is -1.12. The normalized spacial score (nSPS) is 12.4. The van der Waals surface area contributed by atoms with Crippen LogP contribution in [0.25, 0.3) is 28.2 Å². The summed E-state index contributed by atoms with van der Waals surface area (Å²) in [7, 11) is 0. The molecule has 2 aromatic carbocycles. The summed E-state index contributed by atoms with van der Waals surface area (Å²) in [6, 6.07) is 12.0. The molecule has 1 unspecified atom stereocenters. The lowest BCUT2D eigenvalue weighted by molar-refractivity contribution is 0.182. The Balaban J connectivity index is 1.81. The number of fused-ring (bicyclic) bond motifs is 1. The predicted octanol–water partition coefficient (Wildman–Crippen LogP) is 6.31. The average molecular weight is 409 g/mol. The number of allylic oxidation sites excluding steroid dienone is 1. The zero-order valence-corrected chi connectivity index (χ0v) is 16.9. The smallest absolute Gasteiger partial charge is 0.168 e. The molecule has 0 aliphatic rings. The minimum atomic E-state index is -0.918. The molecule has 3 aromatic rings. The first-order chi connectivity index (χ1) is 14.5. The molecule has 3 nitrogen and oxygen atoms in total. The number of hydrogen-bond donors (Lipinski definition) is 1. The van der Waals surface area contributed by atoms with E-state index in [1.807, 2.05) is 12.1 Å². The van der Waals surface area contributed by atoms with E-state index in [9.17, 15) is 13.9 Å². The number of benzene rings is 2. The second-order valence-electron chi connectivity index (χ2n) is 7.16. The highest BCUT2D eigenvalue weighted by atomic mass is 19.2. The van der Waals surface area contributed by atoms with Crippen molar-refractivity contribution in [3.8, 4) is 17.0 Å². The quantitative estimate of drug-likeness (QED) is 0.333. The first-order valence-corrected chi connectivity index (χ1v) is 9.97. The van der Waals surface area contributed by atoms with Crippen LogP contribution in [0.1, 0.15) is 31.7 Å². The van der Waals surface area contributed by atoms with Gasteiger partial charge in [-0.25, -0.2) is 13.8 Å². The summed E-state index contributed by atoms with van der Waals surface area (Å²) in [5, 5.41) is 10.1. The van der Waals surface area contributed by atoms with Gasteiger partial charge in [0, 0.05) is 16.5 Å². The van der Waals surface area contributed by atoms with Gasteiger partial charge in [-0.05, 0) is 56.5 Å². The summed E-state index contributed by atoms with van der Waals surface area (Å²) in [4.78, 5) is 4.48. The Bertz CT molecular complexity index is 1060. The molecule has 0 saturated heterocycles. The van der Waals surface area contributed by atoms with Crippen LogP contribution in [-0.4, -0.2) is 22.8 Å². The molecule has 1 heterocycles. The topological polar surface area (TPSA) is 42.4 Å². The van der Waals surface area contributed by atoms with Gasteiger partial charge in [0.25, 0.3) is 0 Å². The van der Waals surface area contributed by atoms with Gasteiger partial charge in [0.15, 0.2) is 11.6 Å². The highest BCUT2D eigenvalue weighted by Gasteiger charge is 2.15. The Hall–Kier alpha value is -3.05. The molecule has 0 radical (unpaired) electrons. The van der Waals surface area contributed by atoms with Gasteiger partial charge in [-0.2, -0.15) is 0 Å². The molecule has 5 heteroatoms. The Morgan fingerprint density at radius 1 is 1.13 bits per heavy atom. The zero-order chi connectivity index (χ0) is 21.5. The van der Waals surface area contributed by atoms with Crippen molar-refractivity contribution in [2.75, 3.05) is 6.61 Å². The van der Waals surface area contributed by atoms with E-state index in [2.05, 4.69) is 11.6 Å². The van der Waals surface area contributed by atoms with E-state index in [0.717, 1.165) is 11.8 Å². The van der Waals surface area contributed by atoms with E-state index >= 15 is 0 Å². The van der Waals surface area contributed by atoms with E-state index in [1.54, 1.807) is 55.5 Å². The van der Waals surface area contributed by atoms with E-state index < -0.39 is 11.6 Å². The van der Waals surface area contributed by atoms with Crippen molar-refractivity contribution in [1.29, 1.82) is 0 Å². The van der Waals surface area contributed by atoms with Crippen molar-refractivity contribution in [2.45, 2.75) is 32.3 Å². The standard InChI is InChI=1S/C25H25F2NO2/c1-3-15-30-20-11-14-22-19(16-20)10-13-23(28-22)21-12-9-18(24(26)25(21)27)8-6-4-5-7-17(2)29/h3,6,8-14,16-17,29H,1,4-5,7,15H2,2H3. The molecule has 0 bridgehead atoms. The molecule has 0 aliphatic heterocycles. The molecule has 1 N–H and O–H groups in total. The molecular weight excluding hydrogens is 384 g/mol. The SMILES string of the molecule is C=CCOc1ccc2nc(-c3ccc(C=CCCCC(C)O)c(F)c3F)ccc2c1. The second kappa shape index (κ2) is 10.1. The van der Waals surface area contributed by atoms with Crippen molar-refractivity contribution in [3.05, 3.63) is 78.4 Å². The molecule has 0 aliphatic carbocycles. The van der Waals surface area contributed by atoms with Crippen molar-refractivity contribution < 1.29 is 18.6 Å². The van der Waals surface area contributed by atoms with E-state index in [1.165, 1.54) is 0 Å². The largest absolute Gasteiger partial charge is 0.490 e. The van der Waals surface area contributed by atoms with Crippen molar-refractivity contribution in [2.24, 2.45) is 0 Å². The number of nitrogens with zero attached hydrogens (tertiary/aromatic N) is 1. The monoisotopic (exact) mass is 409 g/mol. The molecule has 0 spiro atoms. The van der Waals surface area contributed by atoms with Gasteiger partial charge in [-0.15, -0.1) is 0 Å². The van der Waals surface area contributed by atoms with Gasteiger partial charge in [-0.1, -0.05) is 36.9 Å². The zero-order valence-electron chi connectivity index (χ0n) is 16.9. The lowest BCUT2D eigenvalue weighted by Gasteiger charge is -2.09. The third-order valence-corrected chi connectivity index (χ3v) is 4.71. The van der Waals surface area contributed by atoms with Crippen LogP contribution >= 0.6 is 0 Å². The van der Waals surface area contributed by atoms with Gasteiger partial charge in [0.05, 0.1) is 17.3 Å². The Morgan fingerprint density at radius 2 is 1.97 bits per heavy atom. The number of ether oxygens (including phenoxy) is 1. The highest BCUT2D eigenvalue weighted by Crippen LogP contribution is 2.28. The summed E-state index contributed by atoms with van der Waals surface area (Å²) in [6.07, 6.45) is 6.83. The fourth-order valence-electron chi connectivity index (χ4n) is 3.13. The third kappa shape index (κ3) is 5.30.